The van der Waals surface area contributed by atoms with Crippen LogP contribution in [0.1, 0.15) is 51.9 Å². The third kappa shape index (κ3) is 5.96. The van der Waals surface area contributed by atoms with Crippen molar-refractivity contribution in [2.75, 3.05) is 26.9 Å². The lowest BCUT2D eigenvalue weighted by atomic mass is 9.77. The maximum atomic E-state index is 11.8. The average molecular weight is 256 g/mol. The van der Waals surface area contributed by atoms with Crippen LogP contribution in [0, 0.1) is 11.8 Å². The first-order valence-corrected chi connectivity index (χ1v) is 7.37. The number of Topliss-reactive ketones (excluding diaryl/α,β-unsaturated/α-hetero) is 1. The smallest absolute Gasteiger partial charge is 0.135 e. The van der Waals surface area contributed by atoms with E-state index in [1.54, 1.807) is 7.11 Å². The summed E-state index contributed by atoms with van der Waals surface area (Å²) in [6.45, 7) is 4.30. The molecule has 0 aromatic heterocycles. The lowest BCUT2D eigenvalue weighted by molar-refractivity contribution is -0.126. The molecule has 0 aromatic carbocycles. The van der Waals surface area contributed by atoms with E-state index in [1.165, 1.54) is 12.8 Å². The molecule has 1 saturated carbocycles. The van der Waals surface area contributed by atoms with Crippen molar-refractivity contribution in [1.29, 1.82) is 0 Å². The van der Waals surface area contributed by atoms with Gasteiger partial charge in [0, 0.05) is 26.1 Å². The first kappa shape index (κ1) is 15.6. The fourth-order valence-electron chi connectivity index (χ4n) is 2.83. The summed E-state index contributed by atoms with van der Waals surface area (Å²) < 4.78 is 10.4. The quantitative estimate of drug-likeness (QED) is 0.594. The fraction of sp³-hybridized carbons (Fsp3) is 0.933. The molecule has 1 fully saturated rings. The van der Waals surface area contributed by atoms with Crippen LogP contribution < -0.4 is 0 Å². The second-order valence-electron chi connectivity index (χ2n) is 5.34. The summed E-state index contributed by atoms with van der Waals surface area (Å²) in [4.78, 5) is 11.8. The van der Waals surface area contributed by atoms with Gasteiger partial charge in [0.15, 0.2) is 0 Å². The van der Waals surface area contributed by atoms with E-state index < -0.39 is 0 Å². The zero-order valence-electron chi connectivity index (χ0n) is 12.0. The SMILES string of the molecule is CCCC1CCC(=O)C(CCCOCCOC)C1. The topological polar surface area (TPSA) is 35.5 Å². The lowest BCUT2D eigenvalue weighted by Gasteiger charge is -2.27. The number of ketones is 1. The van der Waals surface area contributed by atoms with Crippen LogP contribution in [0.15, 0.2) is 0 Å². The molecule has 0 amide bonds. The van der Waals surface area contributed by atoms with E-state index in [0.717, 1.165) is 44.6 Å². The summed E-state index contributed by atoms with van der Waals surface area (Å²) in [6, 6.07) is 0. The summed E-state index contributed by atoms with van der Waals surface area (Å²) in [5.74, 6) is 1.58. The zero-order valence-corrected chi connectivity index (χ0v) is 12.0. The van der Waals surface area contributed by atoms with Crippen LogP contribution in [0.5, 0.6) is 0 Å². The van der Waals surface area contributed by atoms with Crippen molar-refractivity contribution in [2.45, 2.75) is 51.9 Å². The maximum Gasteiger partial charge on any atom is 0.135 e. The van der Waals surface area contributed by atoms with E-state index in [0.29, 0.717) is 24.9 Å². The van der Waals surface area contributed by atoms with Crippen LogP contribution in [0.2, 0.25) is 0 Å². The standard InChI is InChI=1S/C15H28O3/c1-3-5-13-7-8-15(16)14(12-13)6-4-9-18-11-10-17-2/h13-14H,3-12H2,1-2H3. The summed E-state index contributed by atoms with van der Waals surface area (Å²) in [5.41, 5.74) is 0. The molecule has 0 saturated heterocycles. The predicted octanol–water partition coefficient (Wildman–Crippen LogP) is 3.22. The molecule has 0 radical (unpaired) electrons. The molecule has 0 aliphatic heterocycles. The highest BCUT2D eigenvalue weighted by Crippen LogP contribution is 2.32. The van der Waals surface area contributed by atoms with Gasteiger partial charge in [-0.1, -0.05) is 19.8 Å². The first-order valence-electron chi connectivity index (χ1n) is 7.37. The second-order valence-corrected chi connectivity index (χ2v) is 5.34. The molecule has 0 N–H and O–H groups in total. The molecule has 106 valence electrons. The molecular weight excluding hydrogens is 228 g/mol. The first-order chi connectivity index (χ1) is 8.77. The highest BCUT2D eigenvalue weighted by molar-refractivity contribution is 5.81. The van der Waals surface area contributed by atoms with E-state index >= 15 is 0 Å². The van der Waals surface area contributed by atoms with Gasteiger partial charge in [-0.3, -0.25) is 4.79 Å². The molecule has 2 unspecified atom stereocenters. The Labute approximate surface area is 111 Å². The molecule has 3 heteroatoms. The van der Waals surface area contributed by atoms with Crippen molar-refractivity contribution >= 4 is 5.78 Å². The van der Waals surface area contributed by atoms with Crippen molar-refractivity contribution < 1.29 is 14.3 Å². The molecule has 18 heavy (non-hydrogen) atoms. The summed E-state index contributed by atoms with van der Waals surface area (Å²) in [6.07, 6.45) is 7.57. The Hall–Kier alpha value is -0.410. The molecular formula is C15H28O3. The van der Waals surface area contributed by atoms with Crippen molar-refractivity contribution in [2.24, 2.45) is 11.8 Å². The molecule has 1 aliphatic rings. The summed E-state index contributed by atoms with van der Waals surface area (Å²) in [7, 11) is 1.68. The van der Waals surface area contributed by atoms with Gasteiger partial charge < -0.3 is 9.47 Å². The highest BCUT2D eigenvalue weighted by atomic mass is 16.5. The zero-order chi connectivity index (χ0) is 13.2. The Morgan fingerprint density at radius 3 is 2.78 bits per heavy atom. The van der Waals surface area contributed by atoms with Crippen LogP contribution >= 0.6 is 0 Å². The molecule has 3 nitrogen and oxygen atoms in total. The van der Waals surface area contributed by atoms with E-state index in [4.69, 9.17) is 9.47 Å². The fourth-order valence-corrected chi connectivity index (χ4v) is 2.83. The van der Waals surface area contributed by atoms with Crippen LogP contribution in [-0.2, 0) is 14.3 Å². The maximum absolute atomic E-state index is 11.8. The highest BCUT2D eigenvalue weighted by Gasteiger charge is 2.27. The van der Waals surface area contributed by atoms with E-state index in [-0.39, 0.29) is 0 Å². The van der Waals surface area contributed by atoms with Gasteiger partial charge in [-0.15, -0.1) is 0 Å². The van der Waals surface area contributed by atoms with Crippen molar-refractivity contribution in [3.05, 3.63) is 0 Å². The Morgan fingerprint density at radius 2 is 2.06 bits per heavy atom. The van der Waals surface area contributed by atoms with Crippen molar-refractivity contribution in [3.63, 3.8) is 0 Å². The third-order valence-electron chi connectivity index (χ3n) is 3.84. The van der Waals surface area contributed by atoms with E-state index in [2.05, 4.69) is 6.92 Å². The predicted molar refractivity (Wildman–Crippen MR) is 72.7 cm³/mol. The molecule has 1 aliphatic carbocycles. The molecule has 0 heterocycles. The van der Waals surface area contributed by atoms with Gasteiger partial charge >= 0.3 is 0 Å². The molecule has 0 aromatic rings. The van der Waals surface area contributed by atoms with Crippen LogP contribution in [0.25, 0.3) is 0 Å². The number of ether oxygens (including phenoxy) is 2. The van der Waals surface area contributed by atoms with Gasteiger partial charge in [0.2, 0.25) is 0 Å². The van der Waals surface area contributed by atoms with Gasteiger partial charge in [-0.05, 0) is 31.6 Å². The summed E-state index contributed by atoms with van der Waals surface area (Å²) >= 11 is 0. The minimum Gasteiger partial charge on any atom is -0.382 e. The van der Waals surface area contributed by atoms with Crippen LogP contribution in [0.4, 0.5) is 0 Å². The Morgan fingerprint density at radius 1 is 1.22 bits per heavy atom. The third-order valence-corrected chi connectivity index (χ3v) is 3.84. The number of hydrogen-bond acceptors (Lipinski definition) is 3. The van der Waals surface area contributed by atoms with Gasteiger partial charge in [0.1, 0.15) is 5.78 Å². The van der Waals surface area contributed by atoms with Crippen LogP contribution in [-0.4, -0.2) is 32.7 Å². The average Bonchev–Trinajstić information content (AvgIpc) is 2.37. The summed E-state index contributed by atoms with van der Waals surface area (Å²) in [5, 5.41) is 0. The number of hydrogen-bond donors (Lipinski definition) is 0. The van der Waals surface area contributed by atoms with E-state index in [9.17, 15) is 4.79 Å². The van der Waals surface area contributed by atoms with Crippen LogP contribution in [0.3, 0.4) is 0 Å². The Kier molecular flexibility index (Phi) is 8.27. The molecule has 0 spiro atoms. The van der Waals surface area contributed by atoms with Crippen molar-refractivity contribution in [3.8, 4) is 0 Å². The number of carbonyl (C=O) groups is 1. The number of rotatable bonds is 9. The van der Waals surface area contributed by atoms with E-state index in [1.807, 2.05) is 0 Å². The Balaban J connectivity index is 2.12. The monoisotopic (exact) mass is 256 g/mol. The van der Waals surface area contributed by atoms with Crippen molar-refractivity contribution in [1.82, 2.24) is 0 Å². The normalized spacial score (nSPS) is 24.4. The van der Waals surface area contributed by atoms with Gasteiger partial charge in [-0.25, -0.2) is 0 Å². The lowest BCUT2D eigenvalue weighted by Crippen LogP contribution is -2.25. The minimum atomic E-state index is 0.307. The number of carbonyl (C=O) groups excluding carboxylic acids is 1. The molecule has 1 rings (SSSR count). The van der Waals surface area contributed by atoms with Gasteiger partial charge in [-0.2, -0.15) is 0 Å². The second kappa shape index (κ2) is 9.51. The minimum absolute atomic E-state index is 0.307. The molecule has 0 bridgehead atoms. The van der Waals surface area contributed by atoms with Gasteiger partial charge in [0.25, 0.3) is 0 Å². The molecule has 2 atom stereocenters. The van der Waals surface area contributed by atoms with Gasteiger partial charge in [0.05, 0.1) is 13.2 Å². The number of methoxy groups -OCH3 is 1. The Bertz CT molecular complexity index is 228. The largest absolute Gasteiger partial charge is 0.382 e.